The highest BCUT2D eigenvalue weighted by Gasteiger charge is 2.43. The van der Waals surface area contributed by atoms with Gasteiger partial charge in [-0.1, -0.05) is 41.9 Å². The lowest BCUT2D eigenvalue weighted by atomic mass is 9.98. The molecule has 6 heteroatoms. The second kappa shape index (κ2) is 6.76. The zero-order valence-electron chi connectivity index (χ0n) is 15.1. The van der Waals surface area contributed by atoms with Crippen molar-refractivity contribution in [2.45, 2.75) is 25.0 Å². The van der Waals surface area contributed by atoms with Gasteiger partial charge in [0.15, 0.2) is 5.43 Å². The summed E-state index contributed by atoms with van der Waals surface area (Å²) in [5.41, 5.74) is 1.41. The summed E-state index contributed by atoms with van der Waals surface area (Å²) in [6.45, 7) is 1.13. The Morgan fingerprint density at radius 1 is 1.11 bits per heavy atom. The molecule has 1 amide bonds. The fraction of sp³-hybridized carbons (Fsp3) is 0.273. The Labute approximate surface area is 166 Å². The summed E-state index contributed by atoms with van der Waals surface area (Å²) in [4.78, 5) is 28.3. The average molecular weight is 396 g/mol. The Hall–Kier alpha value is -2.63. The van der Waals surface area contributed by atoms with Crippen LogP contribution in [0.3, 0.4) is 0 Å². The van der Waals surface area contributed by atoms with Crippen LogP contribution in [-0.2, 0) is 4.74 Å². The van der Waals surface area contributed by atoms with Gasteiger partial charge in [0.1, 0.15) is 5.58 Å². The van der Waals surface area contributed by atoms with Crippen LogP contribution in [0.25, 0.3) is 11.0 Å². The van der Waals surface area contributed by atoms with Gasteiger partial charge in [-0.3, -0.25) is 9.59 Å². The number of carbonyl (C=O) groups excluding carboxylic acids is 1. The molecule has 3 heterocycles. The fourth-order valence-corrected chi connectivity index (χ4v) is 4.34. The van der Waals surface area contributed by atoms with Gasteiger partial charge in [0.2, 0.25) is 5.76 Å². The number of carbonyl (C=O) groups is 1. The van der Waals surface area contributed by atoms with Crippen LogP contribution in [0.4, 0.5) is 0 Å². The minimum Gasteiger partial charge on any atom is -0.450 e. The van der Waals surface area contributed by atoms with Gasteiger partial charge in [-0.15, -0.1) is 0 Å². The number of amides is 1. The molecule has 2 aliphatic rings. The zero-order valence-corrected chi connectivity index (χ0v) is 15.8. The molecule has 0 N–H and O–H groups in total. The molecule has 0 saturated carbocycles. The van der Waals surface area contributed by atoms with E-state index in [0.29, 0.717) is 34.7 Å². The maximum absolute atomic E-state index is 13.4. The van der Waals surface area contributed by atoms with Gasteiger partial charge in [0.25, 0.3) is 5.91 Å². The molecule has 0 bridgehead atoms. The Balaban J connectivity index is 1.71. The number of hydrogen-bond donors (Lipinski definition) is 0. The Kier molecular flexibility index (Phi) is 4.22. The lowest BCUT2D eigenvalue weighted by molar-refractivity contribution is 0.0486. The molecule has 1 saturated heterocycles. The third-order valence-electron chi connectivity index (χ3n) is 5.47. The molecule has 5 rings (SSSR count). The summed E-state index contributed by atoms with van der Waals surface area (Å²) in [6.07, 6.45) is 1.86. The maximum Gasteiger partial charge on any atom is 0.291 e. The lowest BCUT2D eigenvalue weighted by Gasteiger charge is -2.27. The van der Waals surface area contributed by atoms with Gasteiger partial charge in [-0.25, -0.2) is 0 Å². The molecule has 0 aliphatic carbocycles. The zero-order chi connectivity index (χ0) is 19.3. The van der Waals surface area contributed by atoms with E-state index in [0.717, 1.165) is 18.4 Å². The van der Waals surface area contributed by atoms with Gasteiger partial charge >= 0.3 is 0 Å². The molecule has 28 heavy (non-hydrogen) atoms. The first-order chi connectivity index (χ1) is 13.6. The number of ether oxygens (including phenoxy) is 1. The van der Waals surface area contributed by atoms with Crippen LogP contribution in [0, 0.1) is 0 Å². The van der Waals surface area contributed by atoms with Gasteiger partial charge in [-0.2, -0.15) is 0 Å². The van der Waals surface area contributed by atoms with Crippen LogP contribution < -0.4 is 5.43 Å². The number of benzene rings is 2. The van der Waals surface area contributed by atoms with Crippen molar-refractivity contribution in [1.82, 2.24) is 4.90 Å². The number of hydrogen-bond acceptors (Lipinski definition) is 4. The summed E-state index contributed by atoms with van der Waals surface area (Å²) in [6, 6.07) is 14.0. The van der Waals surface area contributed by atoms with E-state index in [4.69, 9.17) is 20.8 Å². The van der Waals surface area contributed by atoms with E-state index in [1.165, 1.54) is 0 Å². The maximum atomic E-state index is 13.4. The molecule has 142 valence electrons. The first-order valence-corrected chi connectivity index (χ1v) is 9.75. The van der Waals surface area contributed by atoms with E-state index in [1.54, 1.807) is 23.1 Å². The van der Waals surface area contributed by atoms with Crippen molar-refractivity contribution in [2.24, 2.45) is 0 Å². The molecular weight excluding hydrogens is 378 g/mol. The second-order valence-corrected chi connectivity index (χ2v) is 7.66. The predicted molar refractivity (Wildman–Crippen MR) is 106 cm³/mol. The van der Waals surface area contributed by atoms with Crippen molar-refractivity contribution in [3.63, 3.8) is 0 Å². The molecular formula is C22H18ClNO4. The highest BCUT2D eigenvalue weighted by Crippen LogP contribution is 2.39. The van der Waals surface area contributed by atoms with Gasteiger partial charge in [0, 0.05) is 18.2 Å². The molecule has 2 atom stereocenters. The number of halogens is 1. The molecule has 5 nitrogen and oxygen atoms in total. The SMILES string of the molecule is O=C1c2oc3ccc(Cl)cc3c(=O)c2[C@@H](c2ccccc2)N1C[C@H]1CCCO1. The lowest BCUT2D eigenvalue weighted by Crippen LogP contribution is -2.36. The highest BCUT2D eigenvalue weighted by molar-refractivity contribution is 6.31. The molecule has 0 radical (unpaired) electrons. The van der Waals surface area contributed by atoms with Crippen molar-refractivity contribution in [3.05, 3.63) is 80.7 Å². The van der Waals surface area contributed by atoms with Crippen LogP contribution in [0.1, 0.15) is 40.6 Å². The summed E-state index contributed by atoms with van der Waals surface area (Å²) in [5.74, 6) is -0.153. The second-order valence-electron chi connectivity index (χ2n) is 7.22. The quantitative estimate of drug-likeness (QED) is 0.667. The van der Waals surface area contributed by atoms with E-state index in [1.807, 2.05) is 30.3 Å². The van der Waals surface area contributed by atoms with Crippen LogP contribution in [0.2, 0.25) is 5.02 Å². The smallest absolute Gasteiger partial charge is 0.291 e. The minimum absolute atomic E-state index is 0.0246. The first kappa shape index (κ1) is 17.5. The summed E-state index contributed by atoms with van der Waals surface area (Å²) >= 11 is 6.09. The highest BCUT2D eigenvalue weighted by atomic mass is 35.5. The molecule has 3 aromatic rings. The van der Waals surface area contributed by atoms with Crippen molar-refractivity contribution in [3.8, 4) is 0 Å². The van der Waals surface area contributed by atoms with E-state index in [9.17, 15) is 9.59 Å². The number of nitrogens with zero attached hydrogens (tertiary/aromatic N) is 1. The Morgan fingerprint density at radius 2 is 1.93 bits per heavy atom. The first-order valence-electron chi connectivity index (χ1n) is 9.37. The minimum atomic E-state index is -0.493. The monoisotopic (exact) mass is 395 g/mol. The van der Waals surface area contributed by atoms with Crippen LogP contribution in [-0.4, -0.2) is 30.1 Å². The fourth-order valence-electron chi connectivity index (χ4n) is 4.17. The number of rotatable bonds is 3. The topological polar surface area (TPSA) is 59.8 Å². The summed E-state index contributed by atoms with van der Waals surface area (Å²) in [5, 5.41) is 0.843. The van der Waals surface area contributed by atoms with E-state index >= 15 is 0 Å². The normalized spacial score (nSPS) is 21.5. The van der Waals surface area contributed by atoms with Crippen molar-refractivity contribution in [2.75, 3.05) is 13.2 Å². The van der Waals surface area contributed by atoms with Crippen LogP contribution in [0.15, 0.2) is 57.7 Å². The molecule has 1 fully saturated rings. The van der Waals surface area contributed by atoms with E-state index < -0.39 is 6.04 Å². The molecule has 0 spiro atoms. The van der Waals surface area contributed by atoms with E-state index in [-0.39, 0.29) is 23.2 Å². The third kappa shape index (κ3) is 2.74. The molecule has 2 aliphatic heterocycles. The third-order valence-corrected chi connectivity index (χ3v) is 5.70. The van der Waals surface area contributed by atoms with Crippen LogP contribution in [0.5, 0.6) is 0 Å². The summed E-state index contributed by atoms with van der Waals surface area (Å²) < 4.78 is 11.7. The standard InChI is InChI=1S/C22H18ClNO4/c23-14-8-9-17-16(11-14)20(25)18-19(13-5-2-1-3-6-13)24(22(26)21(18)28-17)12-15-7-4-10-27-15/h1-3,5-6,8-9,11,15,19H,4,7,10,12H2/t15-,19-/m1/s1. The average Bonchev–Trinajstić information content (AvgIpc) is 3.31. The van der Waals surface area contributed by atoms with Crippen molar-refractivity contribution < 1.29 is 13.9 Å². The van der Waals surface area contributed by atoms with Crippen LogP contribution >= 0.6 is 11.6 Å². The Morgan fingerprint density at radius 3 is 2.68 bits per heavy atom. The van der Waals surface area contributed by atoms with E-state index in [2.05, 4.69) is 0 Å². The molecule has 1 aromatic heterocycles. The molecule has 2 aromatic carbocycles. The van der Waals surface area contributed by atoms with Gasteiger partial charge in [-0.05, 0) is 36.6 Å². The Bertz CT molecular complexity index is 1120. The predicted octanol–water partition coefficient (Wildman–Crippen LogP) is 4.17. The molecule has 0 unspecified atom stereocenters. The van der Waals surface area contributed by atoms with Gasteiger partial charge in [0.05, 0.1) is 23.1 Å². The number of fused-ring (bicyclic) bond motifs is 2. The summed E-state index contributed by atoms with van der Waals surface area (Å²) in [7, 11) is 0. The van der Waals surface area contributed by atoms with Gasteiger partial charge < -0.3 is 14.1 Å². The van der Waals surface area contributed by atoms with Crippen molar-refractivity contribution in [1.29, 1.82) is 0 Å². The largest absolute Gasteiger partial charge is 0.450 e. The van der Waals surface area contributed by atoms with Crippen molar-refractivity contribution >= 4 is 28.5 Å².